The molecule has 2 aromatic rings. The number of carboxylic acids is 1. The molecule has 1 aliphatic rings. The molecule has 0 saturated carbocycles. The largest absolute Gasteiger partial charge is 0.494 e. The van der Waals surface area contributed by atoms with Crippen molar-refractivity contribution < 1.29 is 24.1 Å². The van der Waals surface area contributed by atoms with E-state index in [1.165, 1.54) is 0 Å². The number of aliphatic carboxylic acids is 1. The number of hydrogen-bond acceptors (Lipinski definition) is 6. The highest BCUT2D eigenvalue weighted by Crippen LogP contribution is 2.30. The molecule has 0 spiro atoms. The summed E-state index contributed by atoms with van der Waals surface area (Å²) in [7, 11) is 0. The van der Waals surface area contributed by atoms with Gasteiger partial charge in [-0.05, 0) is 48.9 Å². The molecule has 0 aliphatic carbocycles. The van der Waals surface area contributed by atoms with Crippen molar-refractivity contribution in [3.05, 3.63) is 53.6 Å². The van der Waals surface area contributed by atoms with Gasteiger partial charge in [-0.15, -0.1) is 0 Å². The predicted molar refractivity (Wildman–Crippen MR) is 107 cm³/mol. The van der Waals surface area contributed by atoms with Crippen LogP contribution in [0.5, 0.6) is 11.5 Å². The zero-order valence-electron chi connectivity index (χ0n) is 16.3. The van der Waals surface area contributed by atoms with Gasteiger partial charge in [0.1, 0.15) is 17.6 Å². The van der Waals surface area contributed by atoms with E-state index in [0.29, 0.717) is 48.1 Å². The van der Waals surface area contributed by atoms with Crippen LogP contribution >= 0.6 is 0 Å². The Morgan fingerprint density at radius 3 is 2.55 bits per heavy atom. The number of rotatable bonds is 8. The molecule has 29 heavy (non-hydrogen) atoms. The summed E-state index contributed by atoms with van der Waals surface area (Å²) in [6, 6.07) is 12.9. The molecule has 7 nitrogen and oxygen atoms in total. The van der Waals surface area contributed by atoms with Crippen molar-refractivity contribution in [2.45, 2.75) is 31.9 Å². The van der Waals surface area contributed by atoms with Crippen molar-refractivity contribution in [1.82, 2.24) is 0 Å². The first kappa shape index (κ1) is 20.5. The lowest BCUT2D eigenvalue weighted by Gasteiger charge is -2.24. The van der Waals surface area contributed by atoms with Crippen LogP contribution in [-0.2, 0) is 9.53 Å². The van der Waals surface area contributed by atoms with Crippen LogP contribution in [0.2, 0.25) is 0 Å². The van der Waals surface area contributed by atoms with E-state index in [2.05, 4.69) is 5.32 Å². The molecule has 0 radical (unpaired) electrons. The second kappa shape index (κ2) is 9.80. The summed E-state index contributed by atoms with van der Waals surface area (Å²) in [5, 5.41) is 21.7. The first-order valence-electron chi connectivity index (χ1n) is 9.60. The summed E-state index contributed by atoms with van der Waals surface area (Å²) in [4.78, 5) is 12.0. The van der Waals surface area contributed by atoms with E-state index in [1.54, 1.807) is 42.5 Å². The van der Waals surface area contributed by atoms with Crippen LogP contribution in [0.15, 0.2) is 42.5 Å². The molecule has 0 unspecified atom stereocenters. The number of anilines is 1. The maximum absolute atomic E-state index is 12.0. The number of ether oxygens (including phenoxy) is 3. The van der Waals surface area contributed by atoms with Crippen LogP contribution < -0.4 is 14.8 Å². The van der Waals surface area contributed by atoms with Crippen LogP contribution in [0.25, 0.3) is 0 Å². The number of hydrogen-bond donors (Lipinski definition) is 2. The third-order valence-electron chi connectivity index (χ3n) is 4.59. The van der Waals surface area contributed by atoms with Gasteiger partial charge in [0.15, 0.2) is 6.04 Å². The fraction of sp³-hybridized carbons (Fsp3) is 0.364. The summed E-state index contributed by atoms with van der Waals surface area (Å²) in [5.74, 6) is 0.102. The predicted octanol–water partition coefficient (Wildman–Crippen LogP) is 3.75. The van der Waals surface area contributed by atoms with Crippen molar-refractivity contribution in [3.8, 4) is 17.6 Å². The molecule has 152 valence electrons. The van der Waals surface area contributed by atoms with Gasteiger partial charge < -0.3 is 24.6 Å². The molecule has 1 atom stereocenters. The van der Waals surface area contributed by atoms with Crippen molar-refractivity contribution >= 4 is 11.7 Å². The van der Waals surface area contributed by atoms with Crippen LogP contribution in [0.1, 0.15) is 36.9 Å². The highest BCUT2D eigenvalue weighted by atomic mass is 16.5. The van der Waals surface area contributed by atoms with E-state index in [1.807, 2.05) is 13.0 Å². The van der Waals surface area contributed by atoms with Gasteiger partial charge in [0.05, 0.1) is 31.5 Å². The standard InChI is InChI=1S/C22H24N2O5/c1-2-28-19-11-16(12-20(13-19)29-18-7-9-27-10-8-18)21(22(25)26)24-17-5-3-15(14-23)4-6-17/h3-6,11-13,18,21,24H,2,7-10H2,1H3,(H,25,26)/t21-/m1/s1. The molecule has 0 bridgehead atoms. The van der Waals surface area contributed by atoms with Crippen LogP contribution in [0, 0.1) is 11.3 Å². The molecule has 2 aromatic carbocycles. The summed E-state index contributed by atoms with van der Waals surface area (Å²) in [5.41, 5.74) is 1.63. The lowest BCUT2D eigenvalue weighted by molar-refractivity contribution is -0.138. The van der Waals surface area contributed by atoms with Crippen LogP contribution in [0.4, 0.5) is 5.69 Å². The minimum atomic E-state index is -1.03. The van der Waals surface area contributed by atoms with E-state index < -0.39 is 12.0 Å². The van der Waals surface area contributed by atoms with Gasteiger partial charge in [0.2, 0.25) is 0 Å². The van der Waals surface area contributed by atoms with Crippen molar-refractivity contribution in [2.24, 2.45) is 0 Å². The van der Waals surface area contributed by atoms with Gasteiger partial charge in [-0.25, -0.2) is 4.79 Å². The first-order valence-corrected chi connectivity index (χ1v) is 9.60. The van der Waals surface area contributed by atoms with E-state index >= 15 is 0 Å². The third-order valence-corrected chi connectivity index (χ3v) is 4.59. The molecule has 7 heteroatoms. The number of nitrogens with zero attached hydrogens (tertiary/aromatic N) is 1. The van der Waals surface area contributed by atoms with Gasteiger partial charge in [-0.1, -0.05) is 0 Å². The highest BCUT2D eigenvalue weighted by molar-refractivity contribution is 5.79. The Morgan fingerprint density at radius 2 is 1.93 bits per heavy atom. The highest BCUT2D eigenvalue weighted by Gasteiger charge is 2.23. The Hall–Kier alpha value is -3.24. The van der Waals surface area contributed by atoms with Gasteiger partial charge in [-0.2, -0.15) is 5.26 Å². The molecule has 2 N–H and O–H groups in total. The second-order valence-corrected chi connectivity index (χ2v) is 6.71. The van der Waals surface area contributed by atoms with Crippen molar-refractivity contribution in [3.63, 3.8) is 0 Å². The molecular formula is C22H24N2O5. The zero-order chi connectivity index (χ0) is 20.6. The average Bonchev–Trinajstić information content (AvgIpc) is 2.73. The van der Waals surface area contributed by atoms with Crippen LogP contribution in [-0.4, -0.2) is 37.0 Å². The van der Waals surface area contributed by atoms with Crippen molar-refractivity contribution in [1.29, 1.82) is 5.26 Å². The molecule has 0 aromatic heterocycles. The van der Waals surface area contributed by atoms with Crippen LogP contribution in [0.3, 0.4) is 0 Å². The fourth-order valence-electron chi connectivity index (χ4n) is 3.16. The van der Waals surface area contributed by atoms with E-state index in [4.69, 9.17) is 19.5 Å². The molecule has 0 amide bonds. The van der Waals surface area contributed by atoms with Gasteiger partial charge in [0.25, 0.3) is 0 Å². The van der Waals surface area contributed by atoms with Gasteiger partial charge in [0, 0.05) is 24.6 Å². The zero-order valence-corrected chi connectivity index (χ0v) is 16.3. The summed E-state index contributed by atoms with van der Waals surface area (Å²) >= 11 is 0. The topological polar surface area (TPSA) is 101 Å². The number of carboxylic acid groups (broad SMARTS) is 1. The lowest BCUT2D eigenvalue weighted by atomic mass is 10.0. The Labute approximate surface area is 169 Å². The molecule has 1 heterocycles. The van der Waals surface area contributed by atoms with E-state index in [9.17, 15) is 9.90 Å². The number of carbonyl (C=O) groups is 1. The smallest absolute Gasteiger partial charge is 0.330 e. The van der Waals surface area contributed by atoms with Gasteiger partial charge in [-0.3, -0.25) is 0 Å². The Morgan fingerprint density at radius 1 is 1.24 bits per heavy atom. The second-order valence-electron chi connectivity index (χ2n) is 6.71. The van der Waals surface area contributed by atoms with E-state index in [-0.39, 0.29) is 6.10 Å². The number of nitrogens with one attached hydrogen (secondary N) is 1. The Balaban J connectivity index is 1.86. The number of nitriles is 1. The monoisotopic (exact) mass is 396 g/mol. The average molecular weight is 396 g/mol. The summed E-state index contributed by atoms with van der Waals surface area (Å²) < 4.78 is 17.1. The van der Waals surface area contributed by atoms with Crippen molar-refractivity contribution in [2.75, 3.05) is 25.1 Å². The molecule has 1 fully saturated rings. The summed E-state index contributed by atoms with van der Waals surface area (Å²) in [6.07, 6.45) is 1.61. The maximum atomic E-state index is 12.0. The minimum Gasteiger partial charge on any atom is -0.494 e. The maximum Gasteiger partial charge on any atom is 0.330 e. The van der Waals surface area contributed by atoms with E-state index in [0.717, 1.165) is 12.8 Å². The lowest BCUT2D eigenvalue weighted by Crippen LogP contribution is -2.26. The molecule has 1 saturated heterocycles. The SMILES string of the molecule is CCOc1cc(OC2CCOCC2)cc([C@@H](Nc2ccc(C#N)cc2)C(=O)O)c1. The fourth-order valence-corrected chi connectivity index (χ4v) is 3.16. The molecule has 1 aliphatic heterocycles. The Kier molecular flexibility index (Phi) is 6.93. The number of benzene rings is 2. The van der Waals surface area contributed by atoms with Gasteiger partial charge >= 0.3 is 5.97 Å². The first-order chi connectivity index (χ1) is 14.1. The minimum absolute atomic E-state index is 0.0308. The quantitative estimate of drug-likeness (QED) is 0.701. The summed E-state index contributed by atoms with van der Waals surface area (Å²) in [6.45, 7) is 3.64. The Bertz CT molecular complexity index is 870. The molecule has 3 rings (SSSR count). The normalized spacial score (nSPS) is 15.2. The third kappa shape index (κ3) is 5.62. The molecular weight excluding hydrogens is 372 g/mol.